The first-order valence-electron chi connectivity index (χ1n) is 11.6. The number of rotatable bonds is 5. The number of thioether (sulfide) groups is 1. The molecule has 0 spiro atoms. The van der Waals surface area contributed by atoms with Crippen LogP contribution in [0.25, 0.3) is 6.08 Å². The van der Waals surface area contributed by atoms with E-state index in [4.69, 9.17) is 26.4 Å². The lowest BCUT2D eigenvalue weighted by Gasteiger charge is -2.33. The molecule has 1 aromatic carbocycles. The van der Waals surface area contributed by atoms with Gasteiger partial charge < -0.3 is 19.1 Å². The van der Waals surface area contributed by atoms with E-state index < -0.39 is 0 Å². The molecule has 2 saturated heterocycles. The summed E-state index contributed by atoms with van der Waals surface area (Å²) in [4.78, 5) is 30.6. The Labute approximate surface area is 217 Å². The highest BCUT2D eigenvalue weighted by atomic mass is 32.2. The lowest BCUT2D eigenvalue weighted by atomic mass is 10.0. The lowest BCUT2D eigenvalue weighted by molar-refractivity contribution is -0.122. The van der Waals surface area contributed by atoms with Crippen molar-refractivity contribution in [3.05, 3.63) is 55.7 Å². The fourth-order valence-corrected chi connectivity index (χ4v) is 5.78. The Kier molecular flexibility index (Phi) is 6.75. The Morgan fingerprint density at radius 2 is 1.94 bits per heavy atom. The van der Waals surface area contributed by atoms with Crippen LogP contribution >= 0.6 is 24.0 Å². The predicted octanol–water partition coefficient (Wildman–Crippen LogP) is 3.02. The molecule has 5 rings (SSSR count). The standard InChI is InChI=1S/C25H24N4O5S2/c1-3-28-22(27-6-8-32-9-7-27)17(15(2)18(12-26)23(28)30)11-21-24(31)29(25(35)36-21)13-16-4-5-19-20(10-16)34-14-33-19/h4-5,10-11H,3,6-9,13-14H2,1-2H3/b21-11-. The van der Waals surface area contributed by atoms with Gasteiger partial charge in [0.1, 0.15) is 21.8 Å². The highest BCUT2D eigenvalue weighted by Gasteiger charge is 2.34. The number of aromatic nitrogens is 1. The molecule has 9 nitrogen and oxygen atoms in total. The first-order valence-corrected chi connectivity index (χ1v) is 12.8. The van der Waals surface area contributed by atoms with Crippen LogP contribution in [0.4, 0.5) is 5.82 Å². The van der Waals surface area contributed by atoms with Crippen LogP contribution in [0.2, 0.25) is 0 Å². The van der Waals surface area contributed by atoms with Crippen LogP contribution in [0.5, 0.6) is 11.5 Å². The maximum atomic E-state index is 13.5. The van der Waals surface area contributed by atoms with Crippen LogP contribution in [-0.2, 0) is 22.6 Å². The Balaban J connectivity index is 1.54. The summed E-state index contributed by atoms with van der Waals surface area (Å²) in [5.41, 5.74) is 1.85. The molecule has 2 fully saturated rings. The number of hydrogen-bond acceptors (Lipinski definition) is 9. The smallest absolute Gasteiger partial charge is 0.270 e. The molecule has 36 heavy (non-hydrogen) atoms. The van der Waals surface area contributed by atoms with Gasteiger partial charge >= 0.3 is 0 Å². The highest BCUT2D eigenvalue weighted by molar-refractivity contribution is 8.26. The van der Waals surface area contributed by atoms with E-state index in [0.717, 1.165) is 5.56 Å². The second-order valence-corrected chi connectivity index (χ2v) is 10.1. The summed E-state index contributed by atoms with van der Waals surface area (Å²) in [6, 6.07) is 7.61. The quantitative estimate of drug-likeness (QED) is 0.432. The van der Waals surface area contributed by atoms with E-state index in [2.05, 4.69) is 11.0 Å². The summed E-state index contributed by atoms with van der Waals surface area (Å²) >= 11 is 6.77. The number of benzene rings is 1. The third kappa shape index (κ3) is 4.25. The number of ether oxygens (including phenoxy) is 3. The van der Waals surface area contributed by atoms with E-state index in [-0.39, 0.29) is 23.8 Å². The average molecular weight is 525 g/mol. The number of hydrogen-bond donors (Lipinski definition) is 0. The molecular formula is C25H24N4O5S2. The molecular weight excluding hydrogens is 500 g/mol. The van der Waals surface area contributed by atoms with Gasteiger partial charge in [-0.25, -0.2) is 0 Å². The van der Waals surface area contributed by atoms with Crippen molar-refractivity contribution < 1.29 is 19.0 Å². The van der Waals surface area contributed by atoms with E-state index in [0.29, 0.717) is 77.1 Å². The number of carbonyl (C=O) groups is 1. The second kappa shape index (κ2) is 9.97. The van der Waals surface area contributed by atoms with Gasteiger partial charge in [0, 0.05) is 25.2 Å². The molecule has 0 N–H and O–H groups in total. The third-order valence-electron chi connectivity index (χ3n) is 6.40. The first kappa shape index (κ1) is 24.4. The SMILES string of the molecule is CCn1c(N2CCOCC2)c(/C=C2\SC(=S)N(Cc3ccc4c(c3)OCO4)C2=O)c(C)c(C#N)c1=O. The number of anilines is 1. The molecule has 0 unspecified atom stereocenters. The van der Waals surface area contributed by atoms with Crippen LogP contribution in [0.15, 0.2) is 27.9 Å². The molecule has 1 aromatic heterocycles. The van der Waals surface area contributed by atoms with E-state index >= 15 is 0 Å². The Morgan fingerprint density at radius 1 is 1.19 bits per heavy atom. The summed E-state index contributed by atoms with van der Waals surface area (Å²) in [6.07, 6.45) is 1.77. The number of carbonyl (C=O) groups excluding carboxylic acids is 1. The van der Waals surface area contributed by atoms with Gasteiger partial charge in [0.25, 0.3) is 11.5 Å². The van der Waals surface area contributed by atoms with Crippen molar-refractivity contribution in [1.82, 2.24) is 9.47 Å². The van der Waals surface area contributed by atoms with Crippen LogP contribution in [0.1, 0.15) is 29.2 Å². The van der Waals surface area contributed by atoms with Gasteiger partial charge in [-0.2, -0.15) is 5.26 Å². The molecule has 11 heteroatoms. The van der Waals surface area contributed by atoms with Gasteiger partial charge in [-0.1, -0.05) is 30.0 Å². The van der Waals surface area contributed by atoms with Crippen LogP contribution in [0.3, 0.4) is 0 Å². The fraction of sp³-hybridized carbons (Fsp3) is 0.360. The first-order chi connectivity index (χ1) is 17.4. The van der Waals surface area contributed by atoms with Gasteiger partial charge in [-0.05, 0) is 43.2 Å². The van der Waals surface area contributed by atoms with Gasteiger partial charge in [-0.3, -0.25) is 19.1 Å². The van der Waals surface area contributed by atoms with Gasteiger partial charge in [-0.15, -0.1) is 0 Å². The zero-order valence-corrected chi connectivity index (χ0v) is 21.5. The van der Waals surface area contributed by atoms with Crippen molar-refractivity contribution in [2.45, 2.75) is 26.9 Å². The number of morpholine rings is 1. The number of pyridine rings is 1. The molecule has 0 aliphatic carbocycles. The molecule has 0 atom stereocenters. The Morgan fingerprint density at radius 3 is 2.67 bits per heavy atom. The minimum atomic E-state index is -0.327. The summed E-state index contributed by atoms with van der Waals surface area (Å²) in [5, 5.41) is 9.73. The molecule has 186 valence electrons. The van der Waals surface area contributed by atoms with Crippen molar-refractivity contribution in [3.8, 4) is 17.6 Å². The molecule has 0 radical (unpaired) electrons. The highest BCUT2D eigenvalue weighted by Crippen LogP contribution is 2.38. The van der Waals surface area contributed by atoms with Crippen LogP contribution in [0, 0.1) is 18.3 Å². The molecule has 4 heterocycles. The lowest BCUT2D eigenvalue weighted by Crippen LogP contribution is -2.41. The Bertz CT molecular complexity index is 1390. The minimum Gasteiger partial charge on any atom is -0.454 e. The maximum absolute atomic E-state index is 13.5. The number of amides is 1. The summed E-state index contributed by atoms with van der Waals surface area (Å²) in [5.74, 6) is 1.80. The molecule has 1 amide bonds. The van der Waals surface area contributed by atoms with Crippen molar-refractivity contribution in [2.24, 2.45) is 0 Å². The number of nitriles is 1. The molecule has 0 saturated carbocycles. The van der Waals surface area contributed by atoms with E-state index in [1.54, 1.807) is 22.5 Å². The van der Waals surface area contributed by atoms with E-state index in [9.17, 15) is 14.9 Å². The third-order valence-corrected chi connectivity index (χ3v) is 7.78. The van der Waals surface area contributed by atoms with Crippen LogP contribution < -0.4 is 19.9 Å². The van der Waals surface area contributed by atoms with Gasteiger partial charge in [0.2, 0.25) is 6.79 Å². The summed E-state index contributed by atoms with van der Waals surface area (Å²) in [7, 11) is 0. The van der Waals surface area contributed by atoms with Crippen LogP contribution in [-0.4, -0.2) is 52.8 Å². The predicted molar refractivity (Wildman–Crippen MR) is 140 cm³/mol. The largest absolute Gasteiger partial charge is 0.454 e. The fourth-order valence-electron chi connectivity index (χ4n) is 4.54. The monoisotopic (exact) mass is 524 g/mol. The molecule has 3 aliphatic heterocycles. The van der Waals surface area contributed by atoms with E-state index in [1.807, 2.05) is 25.1 Å². The normalized spacial score (nSPS) is 18.3. The van der Waals surface area contributed by atoms with Gasteiger partial charge in [0.15, 0.2) is 11.5 Å². The number of fused-ring (bicyclic) bond motifs is 1. The van der Waals surface area contributed by atoms with Crippen molar-refractivity contribution >= 4 is 46.1 Å². The summed E-state index contributed by atoms with van der Waals surface area (Å²) < 4.78 is 18.4. The summed E-state index contributed by atoms with van der Waals surface area (Å²) in [6.45, 7) is 6.78. The van der Waals surface area contributed by atoms with Crippen molar-refractivity contribution in [3.63, 3.8) is 0 Å². The van der Waals surface area contributed by atoms with Crippen molar-refractivity contribution in [1.29, 1.82) is 5.26 Å². The maximum Gasteiger partial charge on any atom is 0.270 e. The molecule has 2 aromatic rings. The number of thiocarbonyl (C=S) groups is 1. The average Bonchev–Trinajstić information content (AvgIpc) is 3.46. The second-order valence-electron chi connectivity index (χ2n) is 8.45. The topological polar surface area (TPSA) is 97.0 Å². The molecule has 0 bridgehead atoms. The van der Waals surface area contributed by atoms with Crippen molar-refractivity contribution in [2.75, 3.05) is 38.0 Å². The molecule has 3 aliphatic rings. The number of nitrogens with zero attached hydrogens (tertiary/aromatic N) is 4. The zero-order valence-electron chi connectivity index (χ0n) is 19.9. The Hall–Kier alpha value is -3.33. The zero-order chi connectivity index (χ0) is 25.4. The van der Waals surface area contributed by atoms with E-state index in [1.165, 1.54) is 11.8 Å². The minimum absolute atomic E-state index is 0.0796. The van der Waals surface area contributed by atoms with Gasteiger partial charge in [0.05, 0.1) is 24.7 Å².